The third kappa shape index (κ3) is 3.41. The maximum atomic E-state index is 12.9. The minimum Gasteiger partial charge on any atom is -0.430 e. The highest BCUT2D eigenvalue weighted by molar-refractivity contribution is 5.94. The molecule has 2 aliphatic heterocycles. The summed E-state index contributed by atoms with van der Waals surface area (Å²) in [5.74, 6) is 0.236. The normalized spacial score (nSPS) is 23.2. The summed E-state index contributed by atoms with van der Waals surface area (Å²) in [5, 5.41) is 0. The van der Waals surface area contributed by atoms with E-state index in [1.54, 1.807) is 19.0 Å². The number of rotatable bonds is 2. The van der Waals surface area contributed by atoms with E-state index in [2.05, 4.69) is 19.1 Å². The summed E-state index contributed by atoms with van der Waals surface area (Å²) in [4.78, 5) is 42.3. The zero-order valence-corrected chi connectivity index (χ0v) is 16.9. The fourth-order valence-electron chi connectivity index (χ4n) is 4.64. The van der Waals surface area contributed by atoms with Gasteiger partial charge in [-0.2, -0.15) is 0 Å². The number of aryl methyl sites for hydroxylation is 1. The molecule has 3 atom stereocenters. The number of likely N-dealkylation sites (tertiary alicyclic amines) is 2. The number of carbonyl (C=O) groups is 2. The van der Waals surface area contributed by atoms with Crippen LogP contribution in [0.3, 0.4) is 0 Å². The Kier molecular flexibility index (Phi) is 4.90. The van der Waals surface area contributed by atoms with Gasteiger partial charge in [0.1, 0.15) is 6.26 Å². The Balaban J connectivity index is 1.63. The molecular weight excluding hydrogens is 370 g/mol. The Morgan fingerprint density at radius 2 is 1.83 bits per heavy atom. The summed E-state index contributed by atoms with van der Waals surface area (Å²) in [7, 11) is 3.54. The van der Waals surface area contributed by atoms with Crippen LogP contribution in [0.25, 0.3) is 0 Å². The first-order chi connectivity index (χ1) is 13.9. The highest BCUT2D eigenvalue weighted by Gasteiger charge is 2.50. The van der Waals surface area contributed by atoms with E-state index >= 15 is 0 Å². The van der Waals surface area contributed by atoms with Gasteiger partial charge in [-0.3, -0.25) is 4.79 Å². The number of amides is 3. The van der Waals surface area contributed by atoms with E-state index < -0.39 is 5.63 Å². The van der Waals surface area contributed by atoms with E-state index in [1.165, 1.54) is 18.4 Å². The topological polar surface area (TPSA) is 74.1 Å². The summed E-state index contributed by atoms with van der Waals surface area (Å²) in [6.07, 6.45) is 1.22. The third-order valence-corrected chi connectivity index (χ3v) is 6.03. The SMILES string of the molecule is Cc1ccccc1[C@H]1[C@@H]2CN(C(=O)c3ccc(=O)oc3)C[C@@H]2CN1C(=O)N(C)C. The van der Waals surface area contributed by atoms with Crippen molar-refractivity contribution < 1.29 is 14.0 Å². The Bertz CT molecular complexity index is 979. The molecule has 0 radical (unpaired) electrons. The van der Waals surface area contributed by atoms with Gasteiger partial charge >= 0.3 is 11.7 Å². The molecule has 0 N–H and O–H groups in total. The van der Waals surface area contributed by atoms with Gasteiger partial charge in [0.15, 0.2) is 0 Å². The minimum atomic E-state index is -0.475. The second kappa shape index (κ2) is 7.39. The zero-order valence-electron chi connectivity index (χ0n) is 16.9. The highest BCUT2D eigenvalue weighted by atomic mass is 16.4. The molecule has 152 valence electrons. The van der Waals surface area contributed by atoms with Crippen molar-refractivity contribution in [3.8, 4) is 0 Å². The van der Waals surface area contributed by atoms with Crippen molar-refractivity contribution in [1.82, 2.24) is 14.7 Å². The fourth-order valence-corrected chi connectivity index (χ4v) is 4.64. The predicted octanol–water partition coefficient (Wildman–Crippen LogP) is 2.37. The van der Waals surface area contributed by atoms with Gasteiger partial charge in [-0.1, -0.05) is 24.3 Å². The van der Waals surface area contributed by atoms with Crippen LogP contribution in [-0.4, -0.2) is 60.4 Å². The average Bonchev–Trinajstić information content (AvgIpc) is 3.26. The molecule has 3 heterocycles. The molecule has 2 aromatic rings. The Labute approximate surface area is 169 Å². The number of benzene rings is 1. The zero-order chi connectivity index (χ0) is 20.7. The molecule has 7 heteroatoms. The van der Waals surface area contributed by atoms with Crippen LogP contribution >= 0.6 is 0 Å². The number of carbonyl (C=O) groups excluding carboxylic acids is 2. The maximum Gasteiger partial charge on any atom is 0.335 e. The molecule has 0 bridgehead atoms. The molecule has 7 nitrogen and oxygen atoms in total. The molecule has 29 heavy (non-hydrogen) atoms. The van der Waals surface area contributed by atoms with Crippen LogP contribution < -0.4 is 5.63 Å². The monoisotopic (exact) mass is 395 g/mol. The first-order valence-electron chi connectivity index (χ1n) is 9.78. The molecule has 0 spiro atoms. The van der Waals surface area contributed by atoms with Gasteiger partial charge in [-0.25, -0.2) is 9.59 Å². The van der Waals surface area contributed by atoms with E-state index in [0.717, 1.165) is 11.1 Å². The average molecular weight is 395 g/mol. The summed E-state index contributed by atoms with van der Waals surface area (Å²) in [6, 6.07) is 10.8. The predicted molar refractivity (Wildman–Crippen MR) is 108 cm³/mol. The first-order valence-corrected chi connectivity index (χ1v) is 9.78. The standard InChI is InChI=1S/C22H25N3O4/c1-14-6-4-5-7-17(14)20-18-12-24(21(27)15-8-9-19(26)29-13-15)10-16(18)11-25(20)22(28)23(2)3/h4-9,13,16,18,20H,10-12H2,1-3H3/t16-,18-,20+/m1/s1. The van der Waals surface area contributed by atoms with Crippen LogP contribution in [0.1, 0.15) is 27.5 Å². The van der Waals surface area contributed by atoms with Crippen LogP contribution in [0.5, 0.6) is 0 Å². The number of fused-ring (bicyclic) bond motifs is 1. The molecule has 2 aliphatic rings. The van der Waals surface area contributed by atoms with Crippen molar-refractivity contribution in [2.75, 3.05) is 33.7 Å². The summed E-state index contributed by atoms with van der Waals surface area (Å²) in [6.45, 7) is 3.83. The molecule has 2 fully saturated rings. The molecule has 0 unspecified atom stereocenters. The lowest BCUT2D eigenvalue weighted by Crippen LogP contribution is -2.42. The quantitative estimate of drug-likeness (QED) is 0.783. The lowest BCUT2D eigenvalue weighted by Gasteiger charge is -2.32. The van der Waals surface area contributed by atoms with Gasteiger partial charge in [0, 0.05) is 51.6 Å². The summed E-state index contributed by atoms with van der Waals surface area (Å²) in [5.41, 5.74) is 2.18. The number of hydrogen-bond acceptors (Lipinski definition) is 4. The van der Waals surface area contributed by atoms with Gasteiger partial charge in [0.2, 0.25) is 0 Å². The molecule has 4 rings (SSSR count). The van der Waals surface area contributed by atoms with Gasteiger partial charge in [0.25, 0.3) is 5.91 Å². The van der Waals surface area contributed by atoms with Crippen LogP contribution in [0.4, 0.5) is 4.79 Å². The maximum absolute atomic E-state index is 12.9. The van der Waals surface area contributed by atoms with Crippen molar-refractivity contribution in [2.24, 2.45) is 11.8 Å². The van der Waals surface area contributed by atoms with Crippen molar-refractivity contribution in [3.05, 3.63) is 69.8 Å². The second-order valence-electron chi connectivity index (χ2n) is 8.11. The molecule has 0 saturated carbocycles. The van der Waals surface area contributed by atoms with Gasteiger partial charge in [-0.05, 0) is 24.1 Å². The van der Waals surface area contributed by atoms with Crippen molar-refractivity contribution >= 4 is 11.9 Å². The Morgan fingerprint density at radius 3 is 2.48 bits per heavy atom. The van der Waals surface area contributed by atoms with Gasteiger partial charge < -0.3 is 19.1 Å². The van der Waals surface area contributed by atoms with E-state index in [0.29, 0.717) is 25.2 Å². The molecule has 0 aliphatic carbocycles. The number of hydrogen-bond donors (Lipinski definition) is 0. The third-order valence-electron chi connectivity index (χ3n) is 6.03. The van der Waals surface area contributed by atoms with Crippen LogP contribution in [0, 0.1) is 18.8 Å². The first kappa shape index (κ1) is 19.2. The number of urea groups is 1. The largest absolute Gasteiger partial charge is 0.430 e. The van der Waals surface area contributed by atoms with Crippen molar-refractivity contribution in [1.29, 1.82) is 0 Å². The van der Waals surface area contributed by atoms with Crippen LogP contribution in [-0.2, 0) is 0 Å². The van der Waals surface area contributed by atoms with Gasteiger partial charge in [0.05, 0.1) is 11.6 Å². The summed E-state index contributed by atoms with van der Waals surface area (Å²) < 4.78 is 4.85. The lowest BCUT2D eigenvalue weighted by atomic mass is 9.88. The lowest BCUT2D eigenvalue weighted by molar-refractivity contribution is 0.0764. The molecular formula is C22H25N3O4. The highest BCUT2D eigenvalue weighted by Crippen LogP contribution is 2.46. The smallest absolute Gasteiger partial charge is 0.335 e. The van der Waals surface area contributed by atoms with E-state index in [9.17, 15) is 14.4 Å². The fraction of sp³-hybridized carbons (Fsp3) is 0.409. The molecule has 1 aromatic heterocycles. The molecule has 2 saturated heterocycles. The van der Waals surface area contributed by atoms with Crippen LogP contribution in [0.15, 0.2) is 51.9 Å². The van der Waals surface area contributed by atoms with Crippen molar-refractivity contribution in [3.63, 3.8) is 0 Å². The number of nitrogens with zero attached hydrogens (tertiary/aromatic N) is 3. The van der Waals surface area contributed by atoms with E-state index in [-0.39, 0.29) is 29.8 Å². The molecule has 1 aromatic carbocycles. The van der Waals surface area contributed by atoms with E-state index in [4.69, 9.17) is 4.42 Å². The van der Waals surface area contributed by atoms with Gasteiger partial charge in [-0.15, -0.1) is 0 Å². The van der Waals surface area contributed by atoms with Crippen LogP contribution in [0.2, 0.25) is 0 Å². The Morgan fingerprint density at radius 1 is 1.07 bits per heavy atom. The Hall–Kier alpha value is -3.09. The minimum absolute atomic E-state index is 0.00429. The van der Waals surface area contributed by atoms with Crippen molar-refractivity contribution in [2.45, 2.75) is 13.0 Å². The summed E-state index contributed by atoms with van der Waals surface area (Å²) >= 11 is 0. The molecule has 3 amide bonds. The second-order valence-corrected chi connectivity index (χ2v) is 8.11. The van der Waals surface area contributed by atoms with E-state index in [1.807, 2.05) is 21.9 Å².